The van der Waals surface area contributed by atoms with Crippen molar-refractivity contribution in [3.05, 3.63) is 70.3 Å². The predicted octanol–water partition coefficient (Wildman–Crippen LogP) is 2.67. The van der Waals surface area contributed by atoms with E-state index in [0.717, 1.165) is 34.3 Å². The van der Waals surface area contributed by atoms with Gasteiger partial charge in [-0.05, 0) is 59.4 Å². The van der Waals surface area contributed by atoms with Crippen molar-refractivity contribution in [3.8, 4) is 0 Å². The van der Waals surface area contributed by atoms with Crippen molar-refractivity contribution < 1.29 is 13.5 Å². The van der Waals surface area contributed by atoms with Gasteiger partial charge in [-0.15, -0.1) is 0 Å². The second-order valence-corrected chi connectivity index (χ2v) is 8.81. The molecule has 1 aliphatic carbocycles. The fourth-order valence-electron chi connectivity index (χ4n) is 3.27. The average Bonchev–Trinajstić information content (AvgIpc) is 2.95. The van der Waals surface area contributed by atoms with Crippen molar-refractivity contribution in [1.82, 2.24) is 4.31 Å². The highest BCUT2D eigenvalue weighted by Crippen LogP contribution is 2.38. The van der Waals surface area contributed by atoms with Crippen LogP contribution in [0.25, 0.3) is 5.57 Å². The Hall–Kier alpha value is -2.28. The molecule has 0 amide bonds. The highest BCUT2D eigenvalue weighted by atomic mass is 32.2. The van der Waals surface area contributed by atoms with E-state index in [1.54, 1.807) is 18.2 Å². The minimum Gasteiger partial charge on any atom is -0.390 e. The van der Waals surface area contributed by atoms with Gasteiger partial charge in [0.05, 0.1) is 17.2 Å². The van der Waals surface area contributed by atoms with E-state index in [1.165, 1.54) is 18.4 Å². The van der Waals surface area contributed by atoms with Gasteiger partial charge < -0.3 is 10.5 Å². The highest BCUT2D eigenvalue weighted by Gasteiger charge is 2.23. The number of sulfonamides is 1. The fraction of sp³-hybridized carbons (Fsp3) is 0.250. The van der Waals surface area contributed by atoms with Gasteiger partial charge in [-0.1, -0.05) is 29.8 Å². The van der Waals surface area contributed by atoms with Gasteiger partial charge in [-0.3, -0.25) is 0 Å². The molecule has 0 radical (unpaired) electrons. The first-order chi connectivity index (χ1) is 12.3. The van der Waals surface area contributed by atoms with E-state index >= 15 is 0 Å². The molecule has 0 atom stereocenters. The summed E-state index contributed by atoms with van der Waals surface area (Å²) in [5.41, 5.74) is 5.99. The van der Waals surface area contributed by atoms with Crippen molar-refractivity contribution in [3.63, 3.8) is 0 Å². The van der Waals surface area contributed by atoms with E-state index in [2.05, 4.69) is 0 Å². The molecule has 136 valence electrons. The van der Waals surface area contributed by atoms with Crippen LogP contribution in [-0.2, 0) is 16.4 Å². The summed E-state index contributed by atoms with van der Waals surface area (Å²) < 4.78 is 26.1. The first-order valence-electron chi connectivity index (χ1n) is 8.30. The number of rotatable bonds is 5. The number of hydrogen-bond acceptors (Lipinski definition) is 4. The smallest absolute Gasteiger partial charge is 0.242 e. The van der Waals surface area contributed by atoms with Crippen LogP contribution in [0.4, 0.5) is 0 Å². The van der Waals surface area contributed by atoms with Crippen LogP contribution in [0.5, 0.6) is 0 Å². The Kier molecular flexibility index (Phi) is 4.84. The second-order valence-electron chi connectivity index (χ2n) is 6.66. The largest absolute Gasteiger partial charge is 0.390 e. The summed E-state index contributed by atoms with van der Waals surface area (Å²) in [7, 11) is -0.470. The van der Waals surface area contributed by atoms with Gasteiger partial charge in [0.2, 0.25) is 10.0 Å². The molecule has 2 aromatic carbocycles. The normalized spacial score (nSPS) is 14.0. The summed E-state index contributed by atoms with van der Waals surface area (Å²) >= 11 is 0. The van der Waals surface area contributed by atoms with E-state index in [4.69, 9.17) is 5.41 Å². The molecule has 0 bridgehead atoms. The molecule has 0 aliphatic heterocycles. The fourth-order valence-corrected chi connectivity index (χ4v) is 4.22. The summed E-state index contributed by atoms with van der Waals surface area (Å²) in [6, 6.07) is 12.7. The molecule has 2 aromatic rings. The zero-order chi connectivity index (χ0) is 19.1. The molecule has 0 saturated heterocycles. The number of nitrogens with zero attached hydrogens (tertiary/aromatic N) is 1. The highest BCUT2D eigenvalue weighted by molar-refractivity contribution is 7.89. The third-order valence-electron chi connectivity index (χ3n) is 4.67. The summed E-state index contributed by atoms with van der Waals surface area (Å²) in [5.74, 6) is 0. The van der Waals surface area contributed by atoms with Crippen LogP contribution >= 0.6 is 0 Å². The summed E-state index contributed by atoms with van der Waals surface area (Å²) in [6.07, 6.45) is 0.794. The maximum absolute atomic E-state index is 12.5. The van der Waals surface area contributed by atoms with Gasteiger partial charge >= 0.3 is 0 Å². The molecular formula is C20H22N2O3S. The standard InChI is InChI=1S/C20H22N2O3S/c1-13-9-14-7-8-15(19(21)12-23)11-18(14)20(13)16-5-4-6-17(10-16)26(24,25)22(2)3/h4-8,10-11,21,23H,9,12H2,1-3H3. The number of fused-ring (bicyclic) bond motifs is 1. The van der Waals surface area contributed by atoms with Crippen LogP contribution in [0, 0.1) is 5.41 Å². The Morgan fingerprint density at radius 2 is 1.92 bits per heavy atom. The first-order valence-corrected chi connectivity index (χ1v) is 9.74. The van der Waals surface area contributed by atoms with Gasteiger partial charge in [0.15, 0.2) is 0 Å². The van der Waals surface area contributed by atoms with Crippen LogP contribution in [0.15, 0.2) is 52.9 Å². The lowest BCUT2D eigenvalue weighted by Crippen LogP contribution is -2.22. The molecule has 6 heteroatoms. The van der Waals surface area contributed by atoms with Crippen molar-refractivity contribution in [1.29, 1.82) is 5.41 Å². The van der Waals surface area contributed by atoms with Crippen molar-refractivity contribution >= 4 is 21.3 Å². The van der Waals surface area contributed by atoms with E-state index in [9.17, 15) is 13.5 Å². The Bertz CT molecular complexity index is 1020. The average molecular weight is 370 g/mol. The van der Waals surface area contributed by atoms with Crippen LogP contribution in [0.2, 0.25) is 0 Å². The van der Waals surface area contributed by atoms with Gasteiger partial charge in [0.1, 0.15) is 0 Å². The Balaban J connectivity index is 2.13. The van der Waals surface area contributed by atoms with Crippen molar-refractivity contribution in [2.75, 3.05) is 20.7 Å². The lowest BCUT2D eigenvalue weighted by Gasteiger charge is -2.14. The minimum atomic E-state index is -3.51. The van der Waals surface area contributed by atoms with Gasteiger partial charge in [0, 0.05) is 14.1 Å². The molecule has 2 N–H and O–H groups in total. The van der Waals surface area contributed by atoms with Gasteiger partial charge in [-0.25, -0.2) is 12.7 Å². The van der Waals surface area contributed by atoms with E-state index in [1.807, 2.05) is 31.2 Å². The molecule has 0 fully saturated rings. The number of nitrogens with one attached hydrogen (secondary N) is 1. The second kappa shape index (κ2) is 6.79. The van der Waals surface area contributed by atoms with Crippen LogP contribution < -0.4 is 0 Å². The van der Waals surface area contributed by atoms with E-state index in [0.29, 0.717) is 5.56 Å². The SMILES string of the molecule is CC1=C(c2cccc(S(=O)(=O)N(C)C)c2)c2cc(C(=N)CO)ccc2C1. The summed E-state index contributed by atoms with van der Waals surface area (Å²) in [5, 5.41) is 17.1. The van der Waals surface area contributed by atoms with Gasteiger partial charge in [0.25, 0.3) is 0 Å². The minimum absolute atomic E-state index is 0.167. The summed E-state index contributed by atoms with van der Waals surface area (Å²) in [6.45, 7) is 1.73. The zero-order valence-electron chi connectivity index (χ0n) is 15.1. The van der Waals surface area contributed by atoms with E-state index in [-0.39, 0.29) is 17.2 Å². The predicted molar refractivity (Wildman–Crippen MR) is 103 cm³/mol. The number of aliphatic hydroxyl groups is 1. The molecule has 26 heavy (non-hydrogen) atoms. The molecule has 0 saturated carbocycles. The molecule has 0 spiro atoms. The zero-order valence-corrected chi connectivity index (χ0v) is 15.9. The first kappa shape index (κ1) is 18.5. The van der Waals surface area contributed by atoms with Crippen LogP contribution in [0.3, 0.4) is 0 Å². The number of aliphatic hydroxyl groups excluding tert-OH is 1. The topological polar surface area (TPSA) is 81.5 Å². The summed E-state index contributed by atoms with van der Waals surface area (Å²) in [4.78, 5) is 0.257. The maximum atomic E-state index is 12.5. The molecule has 1 aliphatic rings. The number of allylic oxidation sites excluding steroid dienone is 1. The van der Waals surface area contributed by atoms with Gasteiger partial charge in [-0.2, -0.15) is 0 Å². The lowest BCUT2D eigenvalue weighted by atomic mass is 9.95. The van der Waals surface area contributed by atoms with Crippen LogP contribution in [-0.4, -0.2) is 44.2 Å². The van der Waals surface area contributed by atoms with Crippen LogP contribution in [0.1, 0.15) is 29.2 Å². The molecule has 5 nitrogen and oxygen atoms in total. The molecule has 3 rings (SSSR count). The number of hydrogen-bond donors (Lipinski definition) is 2. The quantitative estimate of drug-likeness (QED) is 0.794. The van der Waals surface area contributed by atoms with E-state index < -0.39 is 10.0 Å². The third-order valence-corrected chi connectivity index (χ3v) is 6.48. The molecular weight excluding hydrogens is 348 g/mol. The lowest BCUT2D eigenvalue weighted by molar-refractivity contribution is 0.357. The third kappa shape index (κ3) is 3.11. The Morgan fingerprint density at radius 3 is 2.58 bits per heavy atom. The molecule has 0 unspecified atom stereocenters. The Morgan fingerprint density at radius 1 is 1.19 bits per heavy atom. The van der Waals surface area contributed by atoms with Crippen molar-refractivity contribution in [2.45, 2.75) is 18.2 Å². The Labute approximate surface area is 154 Å². The molecule has 0 aromatic heterocycles. The molecule has 0 heterocycles. The van der Waals surface area contributed by atoms with Crippen molar-refractivity contribution in [2.24, 2.45) is 0 Å². The maximum Gasteiger partial charge on any atom is 0.242 e. The number of benzene rings is 2. The monoisotopic (exact) mass is 370 g/mol.